The molecule has 0 aromatic heterocycles. The van der Waals surface area contributed by atoms with Crippen molar-refractivity contribution in [1.29, 1.82) is 0 Å². The standard InChI is InChI=1S/C13H27NO3/c1-13(2,3)17-12(16)8-5-4-6-9-14-10-7-11-15/h14-15H,4-11H2,1-3H3. The molecular weight excluding hydrogens is 218 g/mol. The topological polar surface area (TPSA) is 58.6 Å². The smallest absolute Gasteiger partial charge is 0.306 e. The van der Waals surface area contributed by atoms with E-state index >= 15 is 0 Å². The van der Waals surface area contributed by atoms with Gasteiger partial charge in [0.05, 0.1) is 0 Å². The number of carbonyl (C=O) groups is 1. The number of hydrogen-bond acceptors (Lipinski definition) is 4. The van der Waals surface area contributed by atoms with E-state index in [4.69, 9.17) is 9.84 Å². The molecule has 102 valence electrons. The molecule has 0 radical (unpaired) electrons. The van der Waals surface area contributed by atoms with Crippen LogP contribution in [0.2, 0.25) is 0 Å². The van der Waals surface area contributed by atoms with Gasteiger partial charge in [-0.3, -0.25) is 4.79 Å². The van der Waals surface area contributed by atoms with Crippen LogP contribution >= 0.6 is 0 Å². The highest BCUT2D eigenvalue weighted by Crippen LogP contribution is 2.10. The van der Waals surface area contributed by atoms with Crippen LogP contribution in [0.5, 0.6) is 0 Å². The van der Waals surface area contributed by atoms with Gasteiger partial charge in [-0.1, -0.05) is 6.42 Å². The summed E-state index contributed by atoms with van der Waals surface area (Å²) >= 11 is 0. The van der Waals surface area contributed by atoms with Crippen LogP contribution < -0.4 is 5.32 Å². The molecule has 0 saturated carbocycles. The number of carbonyl (C=O) groups excluding carboxylic acids is 1. The summed E-state index contributed by atoms with van der Waals surface area (Å²) in [6, 6.07) is 0. The van der Waals surface area contributed by atoms with Crippen LogP contribution in [0, 0.1) is 0 Å². The highest BCUT2D eigenvalue weighted by molar-refractivity contribution is 5.69. The average molecular weight is 245 g/mol. The maximum Gasteiger partial charge on any atom is 0.306 e. The molecule has 0 heterocycles. The fourth-order valence-electron chi connectivity index (χ4n) is 1.42. The Kier molecular flexibility index (Phi) is 9.09. The first-order chi connectivity index (χ1) is 7.95. The second kappa shape index (κ2) is 9.42. The highest BCUT2D eigenvalue weighted by atomic mass is 16.6. The van der Waals surface area contributed by atoms with Crippen molar-refractivity contribution in [2.45, 2.75) is 58.5 Å². The van der Waals surface area contributed by atoms with E-state index in [1.165, 1.54) is 0 Å². The van der Waals surface area contributed by atoms with Gasteiger partial charge in [-0.05, 0) is 53.1 Å². The summed E-state index contributed by atoms with van der Waals surface area (Å²) in [6.07, 6.45) is 4.29. The summed E-state index contributed by atoms with van der Waals surface area (Å²) < 4.78 is 5.22. The van der Waals surface area contributed by atoms with E-state index in [2.05, 4.69) is 5.32 Å². The molecule has 0 amide bonds. The maximum atomic E-state index is 11.4. The van der Waals surface area contributed by atoms with Crippen LogP contribution in [0.15, 0.2) is 0 Å². The van der Waals surface area contributed by atoms with Crippen LogP contribution in [0.25, 0.3) is 0 Å². The number of unbranched alkanes of at least 4 members (excludes halogenated alkanes) is 2. The Balaban J connectivity index is 3.25. The van der Waals surface area contributed by atoms with E-state index in [0.29, 0.717) is 6.42 Å². The van der Waals surface area contributed by atoms with Crippen molar-refractivity contribution in [2.24, 2.45) is 0 Å². The van der Waals surface area contributed by atoms with Crippen molar-refractivity contribution >= 4 is 5.97 Å². The Bertz CT molecular complexity index is 199. The molecule has 0 aliphatic rings. The third-order valence-corrected chi connectivity index (χ3v) is 2.17. The van der Waals surface area contributed by atoms with Crippen LogP contribution in [0.3, 0.4) is 0 Å². The van der Waals surface area contributed by atoms with Crippen LogP contribution in [-0.2, 0) is 9.53 Å². The minimum atomic E-state index is -0.372. The molecule has 0 rings (SSSR count). The van der Waals surface area contributed by atoms with E-state index < -0.39 is 0 Å². The summed E-state index contributed by atoms with van der Waals surface area (Å²) in [4.78, 5) is 11.4. The minimum absolute atomic E-state index is 0.106. The van der Waals surface area contributed by atoms with E-state index in [1.54, 1.807) is 0 Å². The number of esters is 1. The van der Waals surface area contributed by atoms with Gasteiger partial charge >= 0.3 is 5.97 Å². The molecule has 0 aromatic carbocycles. The number of hydrogen-bond donors (Lipinski definition) is 2. The number of ether oxygens (including phenoxy) is 1. The van der Waals surface area contributed by atoms with Gasteiger partial charge in [-0.15, -0.1) is 0 Å². The van der Waals surface area contributed by atoms with Crippen molar-refractivity contribution in [2.75, 3.05) is 19.7 Å². The predicted molar refractivity (Wildman–Crippen MR) is 68.9 cm³/mol. The summed E-state index contributed by atoms with van der Waals surface area (Å²) in [7, 11) is 0. The number of aliphatic hydroxyl groups excluding tert-OH is 1. The Morgan fingerprint density at radius 2 is 1.76 bits per heavy atom. The second-order valence-corrected chi connectivity index (χ2v) is 5.22. The van der Waals surface area contributed by atoms with E-state index in [1.807, 2.05) is 20.8 Å². The van der Waals surface area contributed by atoms with Crippen molar-refractivity contribution in [3.8, 4) is 0 Å². The number of nitrogens with one attached hydrogen (secondary N) is 1. The lowest BCUT2D eigenvalue weighted by molar-refractivity contribution is -0.154. The monoisotopic (exact) mass is 245 g/mol. The van der Waals surface area contributed by atoms with Gasteiger partial charge in [-0.2, -0.15) is 0 Å². The quantitative estimate of drug-likeness (QED) is 0.481. The van der Waals surface area contributed by atoms with Crippen molar-refractivity contribution in [3.05, 3.63) is 0 Å². The Morgan fingerprint density at radius 1 is 1.12 bits per heavy atom. The summed E-state index contributed by atoms with van der Waals surface area (Å²) in [5.74, 6) is -0.106. The zero-order valence-corrected chi connectivity index (χ0v) is 11.4. The number of rotatable bonds is 9. The van der Waals surface area contributed by atoms with Gasteiger partial charge in [-0.25, -0.2) is 0 Å². The molecule has 4 heteroatoms. The molecule has 0 spiro atoms. The first kappa shape index (κ1) is 16.4. The maximum absolute atomic E-state index is 11.4. The average Bonchev–Trinajstić information content (AvgIpc) is 2.19. The first-order valence-electron chi connectivity index (χ1n) is 6.49. The zero-order valence-electron chi connectivity index (χ0n) is 11.4. The Labute approximate surface area is 105 Å². The SMILES string of the molecule is CC(C)(C)OC(=O)CCCCCNCCCO. The van der Waals surface area contributed by atoms with Gasteiger partial charge in [0.1, 0.15) is 5.60 Å². The van der Waals surface area contributed by atoms with Gasteiger partial charge in [0.2, 0.25) is 0 Å². The molecule has 0 aliphatic carbocycles. The molecule has 0 aromatic rings. The van der Waals surface area contributed by atoms with E-state index in [0.717, 1.165) is 38.8 Å². The Hall–Kier alpha value is -0.610. The van der Waals surface area contributed by atoms with Gasteiger partial charge in [0, 0.05) is 13.0 Å². The first-order valence-corrected chi connectivity index (χ1v) is 6.49. The van der Waals surface area contributed by atoms with Gasteiger partial charge in [0.25, 0.3) is 0 Å². The zero-order chi connectivity index (χ0) is 13.1. The lowest BCUT2D eigenvalue weighted by atomic mass is 10.1. The predicted octanol–water partition coefficient (Wildman–Crippen LogP) is 1.86. The van der Waals surface area contributed by atoms with Gasteiger partial charge in [0.15, 0.2) is 0 Å². The second-order valence-electron chi connectivity index (χ2n) is 5.22. The molecule has 17 heavy (non-hydrogen) atoms. The van der Waals surface area contributed by atoms with E-state index in [-0.39, 0.29) is 18.2 Å². The molecule has 0 fully saturated rings. The molecule has 2 N–H and O–H groups in total. The summed E-state index contributed by atoms with van der Waals surface area (Å²) in [5.41, 5.74) is -0.372. The normalized spacial score (nSPS) is 11.5. The molecule has 0 saturated heterocycles. The Morgan fingerprint density at radius 3 is 2.35 bits per heavy atom. The van der Waals surface area contributed by atoms with Crippen LogP contribution in [0.1, 0.15) is 52.9 Å². The van der Waals surface area contributed by atoms with Crippen molar-refractivity contribution in [3.63, 3.8) is 0 Å². The largest absolute Gasteiger partial charge is 0.460 e. The van der Waals surface area contributed by atoms with Crippen molar-refractivity contribution in [1.82, 2.24) is 5.32 Å². The van der Waals surface area contributed by atoms with Crippen LogP contribution in [0.4, 0.5) is 0 Å². The third-order valence-electron chi connectivity index (χ3n) is 2.17. The van der Waals surface area contributed by atoms with Crippen molar-refractivity contribution < 1.29 is 14.6 Å². The fraction of sp³-hybridized carbons (Fsp3) is 0.923. The lowest BCUT2D eigenvalue weighted by Gasteiger charge is -2.19. The lowest BCUT2D eigenvalue weighted by Crippen LogP contribution is -2.23. The molecule has 0 atom stereocenters. The summed E-state index contributed by atoms with van der Waals surface area (Å²) in [6.45, 7) is 7.71. The molecule has 4 nitrogen and oxygen atoms in total. The minimum Gasteiger partial charge on any atom is -0.460 e. The molecule has 0 unspecified atom stereocenters. The van der Waals surface area contributed by atoms with Crippen LogP contribution in [-0.4, -0.2) is 36.4 Å². The highest BCUT2D eigenvalue weighted by Gasteiger charge is 2.15. The molecule has 0 aliphatic heterocycles. The molecule has 0 bridgehead atoms. The molecular formula is C13H27NO3. The van der Waals surface area contributed by atoms with E-state index in [9.17, 15) is 4.79 Å². The summed E-state index contributed by atoms with van der Waals surface area (Å²) in [5, 5.41) is 11.8. The van der Waals surface area contributed by atoms with Gasteiger partial charge < -0.3 is 15.2 Å². The number of aliphatic hydroxyl groups is 1. The third kappa shape index (κ3) is 13.3. The fourth-order valence-corrected chi connectivity index (χ4v) is 1.42.